The highest BCUT2D eigenvalue weighted by atomic mass is 32.1. The number of hydrogen-bond donors (Lipinski definition) is 5. The molecule has 10 heteroatoms. The number of aromatic nitrogens is 4. The summed E-state index contributed by atoms with van der Waals surface area (Å²) in [6, 6.07) is 0. The van der Waals surface area contributed by atoms with E-state index in [1.54, 1.807) is 6.26 Å². The van der Waals surface area contributed by atoms with Crippen LogP contribution in [0.3, 0.4) is 0 Å². The van der Waals surface area contributed by atoms with Crippen LogP contribution >= 0.6 is 12.6 Å². The van der Waals surface area contributed by atoms with Crippen LogP contribution in [-0.2, 0) is 4.74 Å². The van der Waals surface area contributed by atoms with E-state index >= 15 is 0 Å². The molecule has 0 amide bonds. The van der Waals surface area contributed by atoms with Gasteiger partial charge in [0.1, 0.15) is 30.2 Å². The molecule has 0 radical (unpaired) electrons. The number of anilines is 1. The summed E-state index contributed by atoms with van der Waals surface area (Å²) in [7, 11) is 0. The van der Waals surface area contributed by atoms with Gasteiger partial charge in [-0.15, -0.1) is 0 Å². The van der Waals surface area contributed by atoms with Gasteiger partial charge in [0.05, 0.1) is 12.9 Å². The number of nitrogens with zero attached hydrogens (tertiary/aromatic N) is 4. The molecule has 1 aliphatic heterocycles. The van der Waals surface area contributed by atoms with Crippen molar-refractivity contribution < 1.29 is 20.1 Å². The summed E-state index contributed by atoms with van der Waals surface area (Å²) in [5.74, 6) is 0.218. The zero-order valence-corrected chi connectivity index (χ0v) is 12.1. The lowest BCUT2D eigenvalue weighted by Crippen LogP contribution is -2.33. The van der Waals surface area contributed by atoms with Crippen LogP contribution in [0.25, 0.3) is 11.2 Å². The van der Waals surface area contributed by atoms with Gasteiger partial charge < -0.3 is 25.8 Å². The first kappa shape index (κ1) is 15.9. The Hall–Kier alpha value is -1.46. The fourth-order valence-corrected chi connectivity index (χ4v) is 2.17. The fourth-order valence-electron chi connectivity index (χ4n) is 2.17. The normalized spacial score (nSPS) is 28.4. The van der Waals surface area contributed by atoms with E-state index < -0.39 is 31.1 Å². The Bertz CT molecular complexity index is 609. The predicted octanol–water partition coefficient (Wildman–Crippen LogP) is -1.43. The van der Waals surface area contributed by atoms with Gasteiger partial charge in [-0.1, -0.05) is 0 Å². The molecule has 0 aliphatic carbocycles. The second kappa shape index (κ2) is 6.54. The van der Waals surface area contributed by atoms with Crippen molar-refractivity contribution in [2.24, 2.45) is 0 Å². The molecule has 0 saturated carbocycles. The standard InChI is InChI=1S/C10H13N5O4.CH4S/c11-8-5-9(13-2-12-8)15(3-14-5)10-7(18)6(17)4(1-16)19-10;1-2/h2-4,6-7,10,16-18H,1H2,(H2,11,12,13);2H,1H3/t4-,6-,7-,10-;/m1./s1. The number of fused-ring (bicyclic) bond motifs is 1. The molecule has 1 fully saturated rings. The molecule has 21 heavy (non-hydrogen) atoms. The fraction of sp³-hybridized carbons (Fsp3) is 0.545. The molecule has 3 rings (SSSR count). The van der Waals surface area contributed by atoms with Crippen molar-refractivity contribution in [2.45, 2.75) is 24.5 Å². The molecule has 3 heterocycles. The maximum Gasteiger partial charge on any atom is 0.167 e. The van der Waals surface area contributed by atoms with Gasteiger partial charge in [-0.05, 0) is 6.26 Å². The predicted molar refractivity (Wildman–Crippen MR) is 77.7 cm³/mol. The third kappa shape index (κ3) is 2.68. The number of aliphatic hydroxyl groups is 3. The second-order valence-corrected chi connectivity index (χ2v) is 4.31. The molecule has 2 aromatic rings. The Kier molecular flexibility index (Phi) is 4.96. The molecule has 116 valence electrons. The first-order valence-electron chi connectivity index (χ1n) is 6.13. The van der Waals surface area contributed by atoms with Crippen molar-refractivity contribution in [1.29, 1.82) is 0 Å². The Labute approximate surface area is 125 Å². The van der Waals surface area contributed by atoms with Crippen LogP contribution in [-0.4, -0.2) is 66.0 Å². The van der Waals surface area contributed by atoms with Crippen molar-refractivity contribution in [1.82, 2.24) is 19.5 Å². The van der Waals surface area contributed by atoms with Gasteiger partial charge in [-0.2, -0.15) is 12.6 Å². The lowest BCUT2D eigenvalue weighted by atomic mass is 10.1. The Morgan fingerprint density at radius 3 is 2.62 bits per heavy atom. The number of aliphatic hydroxyl groups excluding tert-OH is 3. The van der Waals surface area contributed by atoms with Gasteiger partial charge in [0.2, 0.25) is 0 Å². The molecule has 2 aromatic heterocycles. The number of nitrogens with two attached hydrogens (primary N) is 1. The van der Waals surface area contributed by atoms with Crippen molar-refractivity contribution in [3.8, 4) is 0 Å². The summed E-state index contributed by atoms with van der Waals surface area (Å²) in [6.45, 7) is -0.390. The van der Waals surface area contributed by atoms with Crippen LogP contribution in [0, 0.1) is 0 Å². The molecule has 0 aromatic carbocycles. The van der Waals surface area contributed by atoms with E-state index in [0.717, 1.165) is 0 Å². The maximum atomic E-state index is 9.95. The minimum absolute atomic E-state index is 0.218. The topological polar surface area (TPSA) is 140 Å². The molecule has 1 aliphatic rings. The Balaban J connectivity index is 0.000000774. The molecule has 0 unspecified atom stereocenters. The number of rotatable bonds is 2. The minimum atomic E-state index is -1.19. The lowest BCUT2D eigenvalue weighted by Gasteiger charge is -2.16. The molecule has 1 saturated heterocycles. The van der Waals surface area contributed by atoms with Crippen LogP contribution in [0.1, 0.15) is 6.23 Å². The first-order chi connectivity index (χ1) is 10.1. The molecule has 9 nitrogen and oxygen atoms in total. The summed E-state index contributed by atoms with van der Waals surface area (Å²) in [4.78, 5) is 11.9. The lowest BCUT2D eigenvalue weighted by molar-refractivity contribution is -0.0511. The number of imidazole rings is 1. The van der Waals surface area contributed by atoms with Gasteiger partial charge in [-0.3, -0.25) is 4.57 Å². The molecular formula is C11H17N5O4S. The smallest absolute Gasteiger partial charge is 0.167 e. The minimum Gasteiger partial charge on any atom is -0.394 e. The summed E-state index contributed by atoms with van der Waals surface area (Å²) in [6.07, 6.45) is 0.271. The summed E-state index contributed by atoms with van der Waals surface area (Å²) >= 11 is 3.53. The molecule has 0 spiro atoms. The van der Waals surface area contributed by atoms with Crippen molar-refractivity contribution >= 4 is 29.6 Å². The highest BCUT2D eigenvalue weighted by Crippen LogP contribution is 2.31. The number of hydrogen-bond acceptors (Lipinski definition) is 9. The van der Waals surface area contributed by atoms with Crippen LogP contribution in [0.15, 0.2) is 12.7 Å². The van der Waals surface area contributed by atoms with E-state index in [4.69, 9.17) is 15.6 Å². The zero-order chi connectivity index (χ0) is 15.6. The van der Waals surface area contributed by atoms with E-state index in [9.17, 15) is 10.2 Å². The van der Waals surface area contributed by atoms with Gasteiger partial charge in [0.25, 0.3) is 0 Å². The number of ether oxygens (including phenoxy) is 1. The van der Waals surface area contributed by atoms with Crippen LogP contribution < -0.4 is 5.73 Å². The highest BCUT2D eigenvalue weighted by molar-refractivity contribution is 7.79. The second-order valence-electron chi connectivity index (χ2n) is 4.31. The third-order valence-electron chi connectivity index (χ3n) is 3.18. The summed E-state index contributed by atoms with van der Waals surface area (Å²) in [5, 5.41) is 28.7. The summed E-state index contributed by atoms with van der Waals surface area (Å²) < 4.78 is 6.85. The monoisotopic (exact) mass is 315 g/mol. The SMILES string of the molecule is CS.Nc1ncnc2c1ncn2[C@@H]1O[C@H](CO)[C@@H](O)[C@H]1O. The third-order valence-corrected chi connectivity index (χ3v) is 3.18. The average Bonchev–Trinajstić information content (AvgIpc) is 3.05. The molecule has 0 bridgehead atoms. The van der Waals surface area contributed by atoms with Crippen LogP contribution in [0.5, 0.6) is 0 Å². The van der Waals surface area contributed by atoms with E-state index in [1.807, 2.05) is 0 Å². The van der Waals surface area contributed by atoms with Crippen molar-refractivity contribution in [3.05, 3.63) is 12.7 Å². The number of nitrogen functional groups attached to an aromatic ring is 1. The number of thiol groups is 1. The largest absolute Gasteiger partial charge is 0.394 e. The van der Waals surface area contributed by atoms with E-state index in [0.29, 0.717) is 11.2 Å². The van der Waals surface area contributed by atoms with Crippen molar-refractivity contribution in [3.63, 3.8) is 0 Å². The van der Waals surface area contributed by atoms with E-state index in [-0.39, 0.29) is 5.82 Å². The van der Waals surface area contributed by atoms with Crippen LogP contribution in [0.4, 0.5) is 5.82 Å². The maximum absolute atomic E-state index is 9.95. The Morgan fingerprint density at radius 2 is 2.00 bits per heavy atom. The quantitative estimate of drug-likeness (QED) is 0.425. The molecule has 4 atom stereocenters. The first-order valence-corrected chi connectivity index (χ1v) is 7.03. The zero-order valence-electron chi connectivity index (χ0n) is 11.2. The average molecular weight is 315 g/mol. The van der Waals surface area contributed by atoms with E-state index in [1.165, 1.54) is 17.2 Å². The highest BCUT2D eigenvalue weighted by Gasteiger charge is 2.43. The molecule has 5 N–H and O–H groups in total. The van der Waals surface area contributed by atoms with Crippen LogP contribution in [0.2, 0.25) is 0 Å². The van der Waals surface area contributed by atoms with Crippen molar-refractivity contribution in [2.75, 3.05) is 18.6 Å². The summed E-state index contributed by atoms with van der Waals surface area (Å²) in [5.41, 5.74) is 6.44. The molecular weight excluding hydrogens is 298 g/mol. The Morgan fingerprint density at radius 1 is 1.29 bits per heavy atom. The van der Waals surface area contributed by atoms with Gasteiger partial charge in [0, 0.05) is 0 Å². The van der Waals surface area contributed by atoms with Gasteiger partial charge in [-0.25, -0.2) is 15.0 Å². The van der Waals surface area contributed by atoms with Gasteiger partial charge in [0.15, 0.2) is 17.7 Å². The van der Waals surface area contributed by atoms with E-state index in [2.05, 4.69) is 27.6 Å². The van der Waals surface area contributed by atoms with Gasteiger partial charge >= 0.3 is 0 Å².